The first-order valence-electron chi connectivity index (χ1n) is 7.76. The van der Waals surface area contributed by atoms with Crippen molar-refractivity contribution >= 4 is 27.7 Å². The van der Waals surface area contributed by atoms with Gasteiger partial charge in [0.2, 0.25) is 0 Å². The Morgan fingerprint density at radius 1 is 1.12 bits per heavy atom. The van der Waals surface area contributed by atoms with Crippen molar-refractivity contribution < 1.29 is 4.79 Å². The first-order valence-corrected chi connectivity index (χ1v) is 8.55. The summed E-state index contributed by atoms with van der Waals surface area (Å²) in [5, 5.41) is 9.11. The first-order chi connectivity index (χ1) is 11.6. The van der Waals surface area contributed by atoms with Crippen molar-refractivity contribution in [3.8, 4) is 6.07 Å². The topological polar surface area (TPSA) is 60.2 Å². The predicted molar refractivity (Wildman–Crippen MR) is 95.9 cm³/mol. The number of rotatable bonds is 2. The SMILES string of the molecule is Cc1ccc(N2CCN(C(=O)c3ccc(Br)cc3)CC2)nc1C#N. The van der Waals surface area contributed by atoms with Crippen LogP contribution >= 0.6 is 15.9 Å². The summed E-state index contributed by atoms with van der Waals surface area (Å²) in [6.07, 6.45) is 0. The van der Waals surface area contributed by atoms with Crippen molar-refractivity contribution in [1.82, 2.24) is 9.88 Å². The Hall–Kier alpha value is -2.39. The molecule has 1 saturated heterocycles. The number of carbonyl (C=O) groups is 1. The highest BCUT2D eigenvalue weighted by Crippen LogP contribution is 2.18. The van der Waals surface area contributed by atoms with E-state index in [4.69, 9.17) is 5.26 Å². The normalized spacial score (nSPS) is 14.4. The maximum atomic E-state index is 12.5. The number of hydrogen-bond acceptors (Lipinski definition) is 4. The smallest absolute Gasteiger partial charge is 0.253 e. The summed E-state index contributed by atoms with van der Waals surface area (Å²) in [5.41, 5.74) is 2.04. The van der Waals surface area contributed by atoms with Gasteiger partial charge in [0.15, 0.2) is 0 Å². The van der Waals surface area contributed by atoms with Crippen LogP contribution < -0.4 is 4.90 Å². The molecule has 1 amide bonds. The fraction of sp³-hybridized carbons (Fsp3) is 0.278. The van der Waals surface area contributed by atoms with Gasteiger partial charge in [-0.15, -0.1) is 0 Å². The molecule has 0 saturated carbocycles. The fourth-order valence-electron chi connectivity index (χ4n) is 2.72. The standard InChI is InChI=1S/C18H17BrN4O/c1-13-2-7-17(21-16(13)12-20)22-8-10-23(11-9-22)18(24)14-3-5-15(19)6-4-14/h2-7H,8-11H2,1H3. The molecule has 1 aliphatic rings. The largest absolute Gasteiger partial charge is 0.353 e. The van der Waals surface area contributed by atoms with Gasteiger partial charge in [-0.2, -0.15) is 5.26 Å². The Bertz CT molecular complexity index is 790. The van der Waals surface area contributed by atoms with Crippen molar-refractivity contribution in [2.45, 2.75) is 6.92 Å². The van der Waals surface area contributed by atoms with E-state index < -0.39 is 0 Å². The van der Waals surface area contributed by atoms with Gasteiger partial charge in [-0.05, 0) is 42.8 Å². The van der Waals surface area contributed by atoms with Crippen LogP contribution in [0.5, 0.6) is 0 Å². The van der Waals surface area contributed by atoms with E-state index in [1.807, 2.05) is 48.2 Å². The molecule has 0 N–H and O–H groups in total. The quantitative estimate of drug-likeness (QED) is 0.798. The molecule has 1 aliphatic heterocycles. The van der Waals surface area contributed by atoms with Crippen LogP contribution in [0.2, 0.25) is 0 Å². The van der Waals surface area contributed by atoms with Crippen molar-refractivity contribution in [1.29, 1.82) is 5.26 Å². The van der Waals surface area contributed by atoms with E-state index in [0.717, 1.165) is 15.9 Å². The van der Waals surface area contributed by atoms with Crippen LogP contribution in [-0.4, -0.2) is 42.0 Å². The minimum Gasteiger partial charge on any atom is -0.353 e. The number of aromatic nitrogens is 1. The number of pyridine rings is 1. The van der Waals surface area contributed by atoms with E-state index in [2.05, 4.69) is 31.9 Å². The molecule has 1 aromatic carbocycles. The molecule has 0 radical (unpaired) electrons. The lowest BCUT2D eigenvalue weighted by atomic mass is 10.1. The van der Waals surface area contributed by atoms with Crippen molar-refractivity contribution in [3.63, 3.8) is 0 Å². The van der Waals surface area contributed by atoms with E-state index >= 15 is 0 Å². The lowest BCUT2D eigenvalue weighted by molar-refractivity contribution is 0.0746. The Labute approximate surface area is 149 Å². The molecule has 0 spiro atoms. The van der Waals surface area contributed by atoms with Gasteiger partial charge in [-0.25, -0.2) is 4.98 Å². The van der Waals surface area contributed by atoms with Crippen LogP contribution in [0.1, 0.15) is 21.6 Å². The molecular weight excluding hydrogens is 368 g/mol. The maximum absolute atomic E-state index is 12.5. The van der Waals surface area contributed by atoms with E-state index in [1.165, 1.54) is 0 Å². The molecule has 1 aromatic heterocycles. The van der Waals surface area contributed by atoms with Crippen LogP contribution in [0.25, 0.3) is 0 Å². The van der Waals surface area contributed by atoms with Crippen molar-refractivity contribution in [2.75, 3.05) is 31.1 Å². The summed E-state index contributed by atoms with van der Waals surface area (Å²) >= 11 is 3.38. The molecule has 0 aliphatic carbocycles. The maximum Gasteiger partial charge on any atom is 0.253 e. The predicted octanol–water partition coefficient (Wildman–Crippen LogP) is 2.99. The Morgan fingerprint density at radius 3 is 2.42 bits per heavy atom. The van der Waals surface area contributed by atoms with Crippen molar-refractivity contribution in [2.24, 2.45) is 0 Å². The summed E-state index contributed by atoms with van der Waals surface area (Å²) in [6, 6.07) is 13.4. The molecule has 122 valence electrons. The lowest BCUT2D eigenvalue weighted by Crippen LogP contribution is -2.49. The summed E-state index contributed by atoms with van der Waals surface area (Å²) in [5.74, 6) is 0.851. The summed E-state index contributed by atoms with van der Waals surface area (Å²) < 4.78 is 0.961. The molecule has 6 heteroatoms. The summed E-state index contributed by atoms with van der Waals surface area (Å²) in [4.78, 5) is 20.9. The highest BCUT2D eigenvalue weighted by Gasteiger charge is 2.23. The zero-order valence-electron chi connectivity index (χ0n) is 13.4. The van der Waals surface area contributed by atoms with Gasteiger partial charge < -0.3 is 9.80 Å². The van der Waals surface area contributed by atoms with E-state index in [1.54, 1.807) is 0 Å². The average molecular weight is 385 g/mol. The van der Waals surface area contributed by atoms with E-state index in [0.29, 0.717) is 37.4 Å². The van der Waals surface area contributed by atoms with Crippen LogP contribution in [0.3, 0.4) is 0 Å². The zero-order chi connectivity index (χ0) is 17.1. The molecule has 2 heterocycles. The van der Waals surface area contributed by atoms with Crippen LogP contribution in [0, 0.1) is 18.3 Å². The van der Waals surface area contributed by atoms with Gasteiger partial charge in [-0.1, -0.05) is 22.0 Å². The molecule has 1 fully saturated rings. The number of nitriles is 1. The lowest BCUT2D eigenvalue weighted by Gasteiger charge is -2.35. The summed E-state index contributed by atoms with van der Waals surface area (Å²) in [7, 11) is 0. The third kappa shape index (κ3) is 3.41. The Balaban J connectivity index is 1.66. The van der Waals surface area contributed by atoms with Gasteiger partial charge in [0.05, 0.1) is 0 Å². The Morgan fingerprint density at radius 2 is 1.79 bits per heavy atom. The highest BCUT2D eigenvalue weighted by molar-refractivity contribution is 9.10. The molecule has 5 nitrogen and oxygen atoms in total. The molecule has 0 bridgehead atoms. The molecule has 0 atom stereocenters. The van der Waals surface area contributed by atoms with Gasteiger partial charge in [0.25, 0.3) is 5.91 Å². The van der Waals surface area contributed by atoms with Gasteiger partial charge >= 0.3 is 0 Å². The second-order valence-corrected chi connectivity index (χ2v) is 6.65. The zero-order valence-corrected chi connectivity index (χ0v) is 15.0. The Kier molecular flexibility index (Phi) is 4.81. The highest BCUT2D eigenvalue weighted by atomic mass is 79.9. The van der Waals surface area contributed by atoms with Crippen LogP contribution in [0.4, 0.5) is 5.82 Å². The monoisotopic (exact) mass is 384 g/mol. The molecule has 0 unspecified atom stereocenters. The van der Waals surface area contributed by atoms with Crippen LogP contribution in [-0.2, 0) is 0 Å². The van der Waals surface area contributed by atoms with Crippen molar-refractivity contribution in [3.05, 3.63) is 57.7 Å². The second-order valence-electron chi connectivity index (χ2n) is 5.73. The number of piperazine rings is 1. The molecular formula is C18H17BrN4O. The number of hydrogen-bond donors (Lipinski definition) is 0. The van der Waals surface area contributed by atoms with Gasteiger partial charge in [-0.3, -0.25) is 4.79 Å². The minimum atomic E-state index is 0.0525. The number of aryl methyl sites for hydroxylation is 1. The molecule has 2 aromatic rings. The number of halogens is 1. The number of carbonyl (C=O) groups excluding carboxylic acids is 1. The van der Waals surface area contributed by atoms with Crippen LogP contribution in [0.15, 0.2) is 40.9 Å². The van der Waals surface area contributed by atoms with Gasteiger partial charge in [0, 0.05) is 36.2 Å². The van der Waals surface area contributed by atoms with E-state index in [-0.39, 0.29) is 5.91 Å². The third-order valence-corrected chi connectivity index (χ3v) is 4.70. The second kappa shape index (κ2) is 7.02. The minimum absolute atomic E-state index is 0.0525. The first kappa shape index (κ1) is 16.5. The summed E-state index contributed by atoms with van der Waals surface area (Å²) in [6.45, 7) is 4.59. The molecule has 3 rings (SSSR count). The van der Waals surface area contributed by atoms with Gasteiger partial charge in [0.1, 0.15) is 17.6 Å². The molecule has 24 heavy (non-hydrogen) atoms. The number of anilines is 1. The number of nitrogens with zero attached hydrogens (tertiary/aromatic N) is 4. The fourth-order valence-corrected chi connectivity index (χ4v) is 2.99. The number of benzene rings is 1. The number of amides is 1. The van der Waals surface area contributed by atoms with E-state index in [9.17, 15) is 4.79 Å². The third-order valence-electron chi connectivity index (χ3n) is 4.17. The average Bonchev–Trinajstić information content (AvgIpc) is 2.62.